The summed E-state index contributed by atoms with van der Waals surface area (Å²) in [5.74, 6) is 0.536. The van der Waals surface area contributed by atoms with Gasteiger partial charge in [-0.3, -0.25) is 0 Å². The minimum Gasteiger partial charge on any atom is -0.381 e. The first-order valence-corrected chi connectivity index (χ1v) is 9.06. The fourth-order valence-electron chi connectivity index (χ4n) is 2.92. The molecule has 0 aromatic heterocycles. The van der Waals surface area contributed by atoms with Crippen molar-refractivity contribution in [2.45, 2.75) is 48.2 Å². The highest BCUT2D eigenvalue weighted by atomic mass is 32.2. The summed E-state index contributed by atoms with van der Waals surface area (Å²) in [5, 5.41) is 2.98. The molecule has 2 fully saturated rings. The van der Waals surface area contributed by atoms with Crippen LogP contribution in [0, 0.1) is 5.92 Å². The van der Waals surface area contributed by atoms with Gasteiger partial charge in [0.05, 0.1) is 16.7 Å². The summed E-state index contributed by atoms with van der Waals surface area (Å²) in [6, 6.07) is 5.10. The maximum absolute atomic E-state index is 12.8. The summed E-state index contributed by atoms with van der Waals surface area (Å²) >= 11 is 0. The molecule has 1 N–H and O–H groups in total. The van der Waals surface area contributed by atoms with Crippen molar-refractivity contribution in [2.75, 3.05) is 11.9 Å². The minimum atomic E-state index is -5.37. The summed E-state index contributed by atoms with van der Waals surface area (Å²) in [6.45, 7) is 0.535. The van der Waals surface area contributed by atoms with Crippen molar-refractivity contribution in [3.63, 3.8) is 0 Å². The van der Waals surface area contributed by atoms with Crippen molar-refractivity contribution in [1.82, 2.24) is 0 Å². The first-order chi connectivity index (χ1) is 10.8. The Morgan fingerprint density at radius 2 is 1.83 bits per heavy atom. The van der Waals surface area contributed by atoms with E-state index in [1.165, 1.54) is 18.2 Å². The van der Waals surface area contributed by atoms with Crippen LogP contribution in [0.3, 0.4) is 0 Å². The zero-order chi connectivity index (χ0) is 16.7. The molecule has 1 aliphatic carbocycles. The number of alkyl halides is 3. The lowest BCUT2D eigenvalue weighted by atomic mass is 10.00. The Morgan fingerprint density at radius 1 is 1.13 bits per heavy atom. The standard InChI is InChI=1S/C15H18F3NO3S/c16-15(17,18)23(20,21)14-4-2-1-3-12(14)19-11-7-8-22-13(9-11)10-5-6-10/h1-4,10-11,13,19H,5-9H2. The van der Waals surface area contributed by atoms with Crippen LogP contribution in [0.4, 0.5) is 18.9 Å². The summed E-state index contributed by atoms with van der Waals surface area (Å²) in [5.41, 5.74) is -5.30. The highest BCUT2D eigenvalue weighted by Crippen LogP contribution is 2.39. The lowest BCUT2D eigenvalue weighted by Crippen LogP contribution is -2.35. The van der Waals surface area contributed by atoms with Crippen LogP contribution >= 0.6 is 0 Å². The molecule has 1 aromatic rings. The van der Waals surface area contributed by atoms with Gasteiger partial charge in [0, 0.05) is 12.6 Å². The van der Waals surface area contributed by atoms with Crippen molar-refractivity contribution >= 4 is 15.5 Å². The molecule has 0 spiro atoms. The smallest absolute Gasteiger partial charge is 0.381 e. The van der Waals surface area contributed by atoms with E-state index in [4.69, 9.17) is 4.74 Å². The third-order valence-electron chi connectivity index (χ3n) is 4.30. The Kier molecular flexibility index (Phi) is 4.31. The molecule has 3 rings (SSSR count). The second kappa shape index (κ2) is 5.98. The number of halogens is 3. The number of para-hydroxylation sites is 1. The van der Waals surface area contributed by atoms with Gasteiger partial charge in [-0.2, -0.15) is 13.2 Å². The number of hydrogen-bond donors (Lipinski definition) is 1. The van der Waals surface area contributed by atoms with Gasteiger partial charge >= 0.3 is 5.51 Å². The second-order valence-electron chi connectivity index (χ2n) is 6.06. The highest BCUT2D eigenvalue weighted by Gasteiger charge is 2.48. The Morgan fingerprint density at radius 3 is 2.48 bits per heavy atom. The molecule has 2 atom stereocenters. The van der Waals surface area contributed by atoms with Crippen molar-refractivity contribution in [3.05, 3.63) is 24.3 Å². The summed E-state index contributed by atoms with van der Waals surface area (Å²) < 4.78 is 67.6. The van der Waals surface area contributed by atoms with Crippen LogP contribution in [0.1, 0.15) is 25.7 Å². The Bertz CT molecular complexity index is 671. The molecular weight excluding hydrogens is 331 g/mol. The van der Waals surface area contributed by atoms with E-state index in [0.717, 1.165) is 18.9 Å². The van der Waals surface area contributed by atoms with Gasteiger partial charge in [0.2, 0.25) is 0 Å². The largest absolute Gasteiger partial charge is 0.501 e. The van der Waals surface area contributed by atoms with Gasteiger partial charge in [-0.25, -0.2) is 8.42 Å². The number of rotatable bonds is 4. The molecule has 1 aromatic carbocycles. The van der Waals surface area contributed by atoms with E-state index in [1.54, 1.807) is 0 Å². The van der Waals surface area contributed by atoms with Crippen LogP contribution in [0.5, 0.6) is 0 Å². The molecule has 23 heavy (non-hydrogen) atoms. The molecule has 1 saturated carbocycles. The van der Waals surface area contributed by atoms with E-state index in [9.17, 15) is 21.6 Å². The van der Waals surface area contributed by atoms with E-state index in [1.807, 2.05) is 0 Å². The average molecular weight is 349 g/mol. The van der Waals surface area contributed by atoms with Gasteiger partial charge in [0.15, 0.2) is 0 Å². The first-order valence-electron chi connectivity index (χ1n) is 7.57. The predicted octanol–water partition coefficient (Wildman–Crippen LogP) is 3.35. The van der Waals surface area contributed by atoms with Gasteiger partial charge < -0.3 is 10.1 Å². The molecule has 2 aliphatic rings. The fraction of sp³-hybridized carbons (Fsp3) is 0.600. The van der Waals surface area contributed by atoms with E-state index in [0.29, 0.717) is 25.4 Å². The van der Waals surface area contributed by atoms with Crippen molar-refractivity contribution in [2.24, 2.45) is 5.92 Å². The molecule has 0 bridgehead atoms. The molecule has 0 radical (unpaired) electrons. The molecule has 128 valence electrons. The zero-order valence-corrected chi connectivity index (χ0v) is 13.2. The molecular formula is C15H18F3NO3S. The Balaban J connectivity index is 1.81. The number of hydrogen-bond acceptors (Lipinski definition) is 4. The normalized spacial score (nSPS) is 26.0. The quantitative estimate of drug-likeness (QED) is 0.906. The maximum atomic E-state index is 12.8. The highest BCUT2D eigenvalue weighted by molar-refractivity contribution is 7.92. The van der Waals surface area contributed by atoms with Gasteiger partial charge in [0.25, 0.3) is 9.84 Å². The van der Waals surface area contributed by atoms with Gasteiger partial charge in [-0.1, -0.05) is 12.1 Å². The first kappa shape index (κ1) is 16.6. The summed E-state index contributed by atoms with van der Waals surface area (Å²) in [7, 11) is -5.37. The molecule has 2 unspecified atom stereocenters. The van der Waals surface area contributed by atoms with Crippen molar-refractivity contribution < 1.29 is 26.3 Å². The second-order valence-corrected chi connectivity index (χ2v) is 7.97. The third kappa shape index (κ3) is 3.47. The van der Waals surface area contributed by atoms with E-state index < -0.39 is 20.2 Å². The number of ether oxygens (including phenoxy) is 1. The lowest BCUT2D eigenvalue weighted by molar-refractivity contribution is -0.0435. The number of anilines is 1. The van der Waals surface area contributed by atoms with Crippen LogP contribution in [0.15, 0.2) is 29.2 Å². The van der Waals surface area contributed by atoms with Crippen LogP contribution in [0.2, 0.25) is 0 Å². The molecule has 8 heteroatoms. The van der Waals surface area contributed by atoms with Gasteiger partial charge in [0.1, 0.15) is 0 Å². The minimum absolute atomic E-state index is 0.00581. The number of nitrogens with one attached hydrogen (secondary N) is 1. The average Bonchev–Trinajstić information content (AvgIpc) is 3.31. The number of benzene rings is 1. The molecule has 1 heterocycles. The topological polar surface area (TPSA) is 55.4 Å². The lowest BCUT2D eigenvalue weighted by Gasteiger charge is -2.31. The predicted molar refractivity (Wildman–Crippen MR) is 78.8 cm³/mol. The third-order valence-corrected chi connectivity index (χ3v) is 5.85. The van der Waals surface area contributed by atoms with Gasteiger partial charge in [-0.15, -0.1) is 0 Å². The monoisotopic (exact) mass is 349 g/mol. The summed E-state index contributed by atoms with van der Waals surface area (Å²) in [4.78, 5) is -0.720. The molecule has 1 aliphatic heterocycles. The summed E-state index contributed by atoms with van der Waals surface area (Å²) in [6.07, 6.45) is 3.69. The van der Waals surface area contributed by atoms with E-state index >= 15 is 0 Å². The number of sulfone groups is 1. The SMILES string of the molecule is O=S(=O)(c1ccccc1NC1CCOC(C2CC2)C1)C(F)(F)F. The molecule has 1 saturated heterocycles. The van der Waals surface area contributed by atoms with Crippen LogP contribution in [0.25, 0.3) is 0 Å². The van der Waals surface area contributed by atoms with E-state index in [-0.39, 0.29) is 17.8 Å². The van der Waals surface area contributed by atoms with Crippen LogP contribution in [-0.4, -0.2) is 32.7 Å². The Labute approximate surface area is 132 Å². The van der Waals surface area contributed by atoms with Crippen LogP contribution < -0.4 is 5.32 Å². The van der Waals surface area contributed by atoms with Crippen molar-refractivity contribution in [1.29, 1.82) is 0 Å². The molecule has 4 nitrogen and oxygen atoms in total. The van der Waals surface area contributed by atoms with Gasteiger partial charge in [-0.05, 0) is 43.7 Å². The van der Waals surface area contributed by atoms with Crippen LogP contribution in [-0.2, 0) is 14.6 Å². The van der Waals surface area contributed by atoms with E-state index in [2.05, 4.69) is 5.32 Å². The molecule has 0 amide bonds. The zero-order valence-electron chi connectivity index (χ0n) is 12.3. The Hall–Kier alpha value is -1.28. The fourth-order valence-corrected chi connectivity index (χ4v) is 3.84. The maximum Gasteiger partial charge on any atom is 0.501 e. The van der Waals surface area contributed by atoms with Crippen molar-refractivity contribution in [3.8, 4) is 0 Å².